The third-order valence-corrected chi connectivity index (χ3v) is 3.41. The first-order valence-corrected chi connectivity index (χ1v) is 5.78. The maximum absolute atomic E-state index is 11.2. The fraction of sp³-hybridized carbons (Fsp3) is 1.00. The Bertz CT molecular complexity index is 215. The maximum Gasteiger partial charge on any atom is 0.216 e. The third kappa shape index (κ3) is 5.20. The van der Waals surface area contributed by atoms with E-state index in [0.29, 0.717) is 19.8 Å². The van der Waals surface area contributed by atoms with Gasteiger partial charge in [0.15, 0.2) is 0 Å². The predicted molar refractivity (Wildman–Crippen MR) is 50.0 cm³/mol. The minimum absolute atomic E-state index is 0.227. The van der Waals surface area contributed by atoms with Crippen LogP contribution in [0.4, 0.5) is 0 Å². The number of likely N-dealkylation sites (N-methyl/N-ethyl adjacent to an activating group) is 1. The Balaban J connectivity index is 3.87. The molecular formula is C7H17NO4S. The summed E-state index contributed by atoms with van der Waals surface area (Å²) >= 11 is 0. The second kappa shape index (κ2) is 6.31. The molecule has 0 atom stereocenters. The highest BCUT2D eigenvalue weighted by molar-refractivity contribution is 7.89. The number of nitrogens with zero attached hydrogens (tertiary/aromatic N) is 1. The molecule has 0 fully saturated rings. The van der Waals surface area contributed by atoms with Gasteiger partial charge in [0.05, 0.1) is 19.0 Å². The summed E-state index contributed by atoms with van der Waals surface area (Å²) in [6.45, 7) is 2.80. The van der Waals surface area contributed by atoms with Gasteiger partial charge in [-0.05, 0) is 6.92 Å². The minimum atomic E-state index is -3.29. The topological polar surface area (TPSA) is 66.8 Å². The van der Waals surface area contributed by atoms with Crippen molar-refractivity contribution in [1.82, 2.24) is 4.31 Å². The lowest BCUT2D eigenvalue weighted by molar-refractivity contribution is 0.138. The third-order valence-electron chi connectivity index (χ3n) is 1.58. The van der Waals surface area contributed by atoms with Crippen molar-refractivity contribution in [1.29, 1.82) is 0 Å². The van der Waals surface area contributed by atoms with Crippen LogP contribution in [0.1, 0.15) is 6.92 Å². The molecule has 0 aromatic rings. The first-order chi connectivity index (χ1) is 6.04. The first kappa shape index (κ1) is 12.8. The van der Waals surface area contributed by atoms with Gasteiger partial charge in [0.25, 0.3) is 0 Å². The SMILES string of the molecule is CCOCCN(C)S(=O)(=O)CCO. The quantitative estimate of drug-likeness (QED) is 0.564. The molecule has 1 N–H and O–H groups in total. The fourth-order valence-electron chi connectivity index (χ4n) is 0.748. The number of ether oxygens (including phenoxy) is 1. The highest BCUT2D eigenvalue weighted by atomic mass is 32.2. The zero-order chi connectivity index (χ0) is 10.3. The number of rotatable bonds is 7. The van der Waals surface area contributed by atoms with Crippen LogP contribution in [0.2, 0.25) is 0 Å². The molecule has 0 amide bonds. The van der Waals surface area contributed by atoms with Gasteiger partial charge >= 0.3 is 0 Å². The summed E-state index contributed by atoms with van der Waals surface area (Å²) in [5.41, 5.74) is 0. The molecule has 0 rings (SSSR count). The number of aliphatic hydroxyl groups excluding tert-OH is 1. The van der Waals surface area contributed by atoms with Crippen molar-refractivity contribution < 1.29 is 18.3 Å². The smallest absolute Gasteiger partial charge is 0.216 e. The summed E-state index contributed by atoms with van der Waals surface area (Å²) in [4.78, 5) is 0. The van der Waals surface area contributed by atoms with E-state index in [4.69, 9.17) is 9.84 Å². The lowest BCUT2D eigenvalue weighted by Crippen LogP contribution is -2.33. The van der Waals surface area contributed by atoms with Crippen LogP contribution in [0.3, 0.4) is 0 Å². The number of hydrogen-bond donors (Lipinski definition) is 1. The Kier molecular flexibility index (Phi) is 6.23. The van der Waals surface area contributed by atoms with Gasteiger partial charge in [-0.25, -0.2) is 12.7 Å². The average Bonchev–Trinajstić information content (AvgIpc) is 2.04. The van der Waals surface area contributed by atoms with Gasteiger partial charge in [-0.15, -0.1) is 0 Å². The van der Waals surface area contributed by atoms with Crippen LogP contribution in [0.5, 0.6) is 0 Å². The molecule has 0 aromatic heterocycles. The van der Waals surface area contributed by atoms with Gasteiger partial charge in [-0.3, -0.25) is 0 Å². The van der Waals surface area contributed by atoms with E-state index >= 15 is 0 Å². The molecule has 0 saturated carbocycles. The van der Waals surface area contributed by atoms with E-state index in [2.05, 4.69) is 0 Å². The zero-order valence-electron chi connectivity index (χ0n) is 8.06. The van der Waals surface area contributed by atoms with Crippen LogP contribution < -0.4 is 0 Å². The summed E-state index contributed by atoms with van der Waals surface area (Å²) in [5, 5.41) is 8.49. The molecule has 0 radical (unpaired) electrons. The molecule has 0 unspecified atom stereocenters. The second-order valence-corrected chi connectivity index (χ2v) is 4.75. The monoisotopic (exact) mass is 211 g/mol. The van der Waals surface area contributed by atoms with Crippen molar-refractivity contribution in [3.05, 3.63) is 0 Å². The normalized spacial score (nSPS) is 12.3. The summed E-state index contributed by atoms with van der Waals surface area (Å²) in [5.74, 6) is -0.227. The highest BCUT2D eigenvalue weighted by Crippen LogP contribution is 1.96. The Morgan fingerprint density at radius 1 is 1.46 bits per heavy atom. The number of aliphatic hydroxyl groups is 1. The maximum atomic E-state index is 11.2. The van der Waals surface area contributed by atoms with Crippen molar-refractivity contribution >= 4 is 10.0 Å². The van der Waals surface area contributed by atoms with E-state index in [-0.39, 0.29) is 12.4 Å². The standard InChI is InChI=1S/C7H17NO4S/c1-3-12-6-4-8(2)13(10,11)7-5-9/h9H,3-7H2,1-2H3. The van der Waals surface area contributed by atoms with Gasteiger partial charge in [-0.2, -0.15) is 0 Å². The molecule has 0 heterocycles. The summed E-state index contributed by atoms with van der Waals surface area (Å²) < 4.78 is 28.7. The van der Waals surface area contributed by atoms with Gasteiger partial charge in [0.1, 0.15) is 0 Å². The van der Waals surface area contributed by atoms with Gasteiger partial charge in [0, 0.05) is 20.2 Å². The minimum Gasteiger partial charge on any atom is -0.395 e. The average molecular weight is 211 g/mol. The Labute approximate surface area is 79.4 Å². The summed E-state index contributed by atoms with van der Waals surface area (Å²) in [6, 6.07) is 0. The van der Waals surface area contributed by atoms with Crippen molar-refractivity contribution in [2.45, 2.75) is 6.92 Å². The van der Waals surface area contributed by atoms with Crippen LogP contribution in [-0.2, 0) is 14.8 Å². The summed E-state index contributed by atoms with van der Waals surface area (Å²) in [7, 11) is -1.81. The van der Waals surface area contributed by atoms with Crippen molar-refractivity contribution in [2.75, 3.05) is 39.2 Å². The Morgan fingerprint density at radius 3 is 2.54 bits per heavy atom. The summed E-state index contributed by atoms with van der Waals surface area (Å²) in [6.07, 6.45) is 0. The van der Waals surface area contributed by atoms with E-state index in [1.807, 2.05) is 6.92 Å². The highest BCUT2D eigenvalue weighted by Gasteiger charge is 2.15. The number of hydrogen-bond acceptors (Lipinski definition) is 4. The second-order valence-electron chi connectivity index (χ2n) is 2.56. The zero-order valence-corrected chi connectivity index (χ0v) is 8.88. The largest absolute Gasteiger partial charge is 0.395 e. The molecule has 5 nitrogen and oxygen atoms in total. The molecule has 0 aliphatic carbocycles. The predicted octanol–water partition coefficient (Wildman–Crippen LogP) is -0.723. The van der Waals surface area contributed by atoms with E-state index in [0.717, 1.165) is 0 Å². The molecule has 0 aromatic carbocycles. The van der Waals surface area contributed by atoms with Crippen molar-refractivity contribution in [3.8, 4) is 0 Å². The molecule has 13 heavy (non-hydrogen) atoms. The molecule has 0 aliphatic heterocycles. The van der Waals surface area contributed by atoms with E-state index < -0.39 is 10.0 Å². The molecule has 0 spiro atoms. The van der Waals surface area contributed by atoms with Crippen molar-refractivity contribution in [2.24, 2.45) is 0 Å². The number of sulfonamides is 1. The fourth-order valence-corrected chi connectivity index (χ4v) is 1.64. The van der Waals surface area contributed by atoms with Crippen LogP contribution in [-0.4, -0.2) is 57.0 Å². The van der Waals surface area contributed by atoms with Crippen LogP contribution in [0.15, 0.2) is 0 Å². The van der Waals surface area contributed by atoms with Crippen LogP contribution >= 0.6 is 0 Å². The Hall–Kier alpha value is -0.170. The Morgan fingerprint density at radius 2 is 2.08 bits per heavy atom. The van der Waals surface area contributed by atoms with Gasteiger partial charge in [-0.1, -0.05) is 0 Å². The lowest BCUT2D eigenvalue weighted by atomic mass is 10.7. The molecule has 0 bridgehead atoms. The van der Waals surface area contributed by atoms with Crippen molar-refractivity contribution in [3.63, 3.8) is 0 Å². The molecule has 0 aliphatic rings. The lowest BCUT2D eigenvalue weighted by Gasteiger charge is -2.15. The van der Waals surface area contributed by atoms with Crippen LogP contribution in [0.25, 0.3) is 0 Å². The van der Waals surface area contributed by atoms with Gasteiger partial charge < -0.3 is 9.84 Å². The molecular weight excluding hydrogens is 194 g/mol. The van der Waals surface area contributed by atoms with Crippen LogP contribution in [0, 0.1) is 0 Å². The molecule has 80 valence electrons. The van der Waals surface area contributed by atoms with E-state index in [1.165, 1.54) is 11.4 Å². The molecule has 0 saturated heterocycles. The van der Waals surface area contributed by atoms with E-state index in [9.17, 15) is 8.42 Å². The van der Waals surface area contributed by atoms with E-state index in [1.54, 1.807) is 0 Å². The van der Waals surface area contributed by atoms with Gasteiger partial charge in [0.2, 0.25) is 10.0 Å². The molecule has 6 heteroatoms. The first-order valence-electron chi connectivity index (χ1n) is 4.17.